The van der Waals surface area contributed by atoms with Crippen molar-refractivity contribution >= 4 is 33.9 Å². The first kappa shape index (κ1) is 35.6. The number of furan rings is 2. The van der Waals surface area contributed by atoms with Crippen LogP contribution < -0.4 is 9.47 Å². The van der Waals surface area contributed by atoms with Crippen molar-refractivity contribution in [2.75, 3.05) is 54.5 Å². The van der Waals surface area contributed by atoms with Gasteiger partial charge in [-0.15, -0.1) is 0 Å². The van der Waals surface area contributed by atoms with Gasteiger partial charge in [0.15, 0.2) is 22.7 Å². The zero-order valence-electron chi connectivity index (χ0n) is 27.6. The lowest BCUT2D eigenvalue weighted by atomic mass is 9.94. The van der Waals surface area contributed by atoms with E-state index in [1.165, 1.54) is 0 Å². The molecule has 4 heterocycles. The molecule has 0 bridgehead atoms. The first-order valence-corrected chi connectivity index (χ1v) is 15.6. The highest BCUT2D eigenvalue weighted by Crippen LogP contribution is 2.38. The van der Waals surface area contributed by atoms with Crippen LogP contribution in [0.2, 0.25) is 0 Å². The molecule has 0 spiro atoms. The Morgan fingerprint density at radius 3 is 1.38 bits per heavy atom. The molecule has 2 N–H and O–H groups in total. The van der Waals surface area contributed by atoms with Gasteiger partial charge in [-0.05, 0) is 102 Å². The Morgan fingerprint density at radius 1 is 0.729 bits per heavy atom. The van der Waals surface area contributed by atoms with Gasteiger partial charge in [-0.1, -0.05) is 0 Å². The second kappa shape index (κ2) is 16.5. The summed E-state index contributed by atoms with van der Waals surface area (Å²) in [6.07, 6.45) is 5.51. The van der Waals surface area contributed by atoms with E-state index in [0.29, 0.717) is 57.8 Å². The molecular formula is C36H40N4O8. The monoisotopic (exact) mass is 656 g/mol. The molecule has 0 aliphatic carbocycles. The SMILES string of the molecule is COc1ccc(C#N)c2cc(C3CCN(C)CC3)oc12.COc1ccc(C#N)c2cc(C3CCN(C)CC3)oc12.O=C(O)C=CC(=O)O. The average Bonchev–Trinajstić information content (AvgIpc) is 3.74. The maximum absolute atomic E-state index is 9.55. The van der Waals surface area contributed by atoms with Gasteiger partial charge in [-0.25, -0.2) is 9.59 Å². The molecule has 2 aromatic carbocycles. The van der Waals surface area contributed by atoms with Gasteiger partial charge in [0.05, 0.1) is 37.5 Å². The Morgan fingerprint density at radius 2 is 1.08 bits per heavy atom. The van der Waals surface area contributed by atoms with Crippen molar-refractivity contribution < 1.29 is 38.1 Å². The normalized spacial score (nSPS) is 16.0. The van der Waals surface area contributed by atoms with Crippen molar-refractivity contribution in [2.45, 2.75) is 37.5 Å². The molecule has 4 aromatic rings. The summed E-state index contributed by atoms with van der Waals surface area (Å²) in [5.74, 6) is 1.71. The largest absolute Gasteiger partial charge is 0.493 e. The molecule has 0 atom stereocenters. The number of nitriles is 2. The minimum absolute atomic E-state index is 0.440. The Bertz CT molecular complexity index is 1710. The summed E-state index contributed by atoms with van der Waals surface area (Å²) in [6.45, 7) is 4.35. The molecule has 6 rings (SSSR count). The van der Waals surface area contributed by atoms with E-state index in [4.69, 9.17) is 28.5 Å². The number of likely N-dealkylation sites (tertiary alicyclic amines) is 2. The van der Waals surface area contributed by atoms with E-state index in [9.17, 15) is 20.1 Å². The number of aliphatic carboxylic acids is 2. The third-order valence-corrected chi connectivity index (χ3v) is 8.62. The molecule has 2 aliphatic heterocycles. The van der Waals surface area contributed by atoms with E-state index in [1.807, 2.05) is 12.1 Å². The third-order valence-electron chi connectivity index (χ3n) is 8.62. The Kier molecular flexibility index (Phi) is 12.2. The fraction of sp³-hybridized carbons (Fsp3) is 0.389. The number of piperidine rings is 2. The first-order valence-electron chi connectivity index (χ1n) is 15.6. The standard InChI is InChI=1S/2C16H18N2O2.C4H4O4/c2*1-18-7-5-11(6-8-18)15-9-13-12(10-17)3-4-14(19-2)16(13)20-15;5-3(6)1-2-4(7)8/h2*3-4,9,11H,5-8H2,1-2H3;1-2H,(H,5,6)(H,7,8). The van der Waals surface area contributed by atoms with Crippen LogP contribution in [0.3, 0.4) is 0 Å². The number of rotatable bonds is 6. The molecular weight excluding hydrogens is 616 g/mol. The number of benzene rings is 2. The molecule has 252 valence electrons. The molecule has 2 fully saturated rings. The number of fused-ring (bicyclic) bond motifs is 2. The predicted octanol–water partition coefficient (Wildman–Crippen LogP) is 5.96. The van der Waals surface area contributed by atoms with E-state index in [1.54, 1.807) is 38.5 Å². The number of ether oxygens (including phenoxy) is 2. The number of hydrogen-bond donors (Lipinski definition) is 2. The second-order valence-corrected chi connectivity index (χ2v) is 11.8. The smallest absolute Gasteiger partial charge is 0.328 e. The summed E-state index contributed by atoms with van der Waals surface area (Å²) in [5.41, 5.74) is 2.67. The Balaban J connectivity index is 0.000000178. The summed E-state index contributed by atoms with van der Waals surface area (Å²) in [4.78, 5) is 23.8. The minimum atomic E-state index is -1.26. The van der Waals surface area contributed by atoms with Gasteiger partial charge < -0.3 is 38.3 Å². The predicted molar refractivity (Wildman–Crippen MR) is 178 cm³/mol. The van der Waals surface area contributed by atoms with Crippen molar-refractivity contribution in [3.05, 3.63) is 71.2 Å². The second-order valence-electron chi connectivity index (χ2n) is 11.8. The lowest BCUT2D eigenvalue weighted by Gasteiger charge is -2.27. The fourth-order valence-electron chi connectivity index (χ4n) is 5.88. The van der Waals surface area contributed by atoms with Crippen LogP contribution in [-0.4, -0.2) is 86.4 Å². The third kappa shape index (κ3) is 8.73. The van der Waals surface area contributed by atoms with Crippen molar-refractivity contribution in [1.82, 2.24) is 9.80 Å². The van der Waals surface area contributed by atoms with E-state index in [0.717, 1.165) is 74.2 Å². The molecule has 2 aromatic heterocycles. The van der Waals surface area contributed by atoms with E-state index >= 15 is 0 Å². The number of nitrogens with zero attached hydrogens (tertiary/aromatic N) is 4. The number of hydrogen-bond acceptors (Lipinski definition) is 10. The minimum Gasteiger partial charge on any atom is -0.493 e. The van der Waals surface area contributed by atoms with Crippen LogP contribution in [0.1, 0.15) is 60.2 Å². The Hall–Kier alpha value is -5.30. The molecule has 0 radical (unpaired) electrons. The van der Waals surface area contributed by atoms with Gasteiger partial charge in [-0.3, -0.25) is 0 Å². The molecule has 2 saturated heterocycles. The topological polar surface area (TPSA) is 173 Å². The van der Waals surface area contributed by atoms with Crippen molar-refractivity contribution in [1.29, 1.82) is 10.5 Å². The number of methoxy groups -OCH3 is 2. The molecule has 12 nitrogen and oxygen atoms in total. The number of carboxylic acid groups (broad SMARTS) is 2. The van der Waals surface area contributed by atoms with Crippen LogP contribution in [0.5, 0.6) is 11.5 Å². The summed E-state index contributed by atoms with van der Waals surface area (Å²) in [7, 11) is 7.54. The maximum atomic E-state index is 9.55. The number of carboxylic acids is 2. The van der Waals surface area contributed by atoms with Gasteiger partial charge in [0.2, 0.25) is 0 Å². The summed E-state index contributed by atoms with van der Waals surface area (Å²) in [5, 5.41) is 35.8. The summed E-state index contributed by atoms with van der Waals surface area (Å²) >= 11 is 0. The highest BCUT2D eigenvalue weighted by Gasteiger charge is 2.24. The van der Waals surface area contributed by atoms with E-state index in [-0.39, 0.29) is 0 Å². The van der Waals surface area contributed by atoms with Gasteiger partial charge in [0.25, 0.3) is 0 Å². The number of carbonyl (C=O) groups is 2. The summed E-state index contributed by atoms with van der Waals surface area (Å²) < 4.78 is 22.7. The molecule has 0 unspecified atom stereocenters. The zero-order chi connectivity index (χ0) is 34.8. The quantitative estimate of drug-likeness (QED) is 0.234. The van der Waals surface area contributed by atoms with Crippen molar-refractivity contribution in [2.24, 2.45) is 0 Å². The molecule has 0 saturated carbocycles. The van der Waals surface area contributed by atoms with Gasteiger partial charge in [0, 0.05) is 34.8 Å². The van der Waals surface area contributed by atoms with E-state index in [2.05, 4.69) is 36.0 Å². The lowest BCUT2D eigenvalue weighted by molar-refractivity contribution is -0.134. The van der Waals surface area contributed by atoms with E-state index < -0.39 is 11.9 Å². The van der Waals surface area contributed by atoms with Crippen LogP contribution in [0.4, 0.5) is 0 Å². The van der Waals surface area contributed by atoms with Gasteiger partial charge >= 0.3 is 11.9 Å². The molecule has 12 heteroatoms. The van der Waals surface area contributed by atoms with Crippen LogP contribution in [-0.2, 0) is 9.59 Å². The fourth-order valence-corrected chi connectivity index (χ4v) is 5.88. The van der Waals surface area contributed by atoms with Crippen molar-refractivity contribution in [3.63, 3.8) is 0 Å². The van der Waals surface area contributed by atoms with Gasteiger partial charge in [-0.2, -0.15) is 10.5 Å². The van der Waals surface area contributed by atoms with Crippen LogP contribution >= 0.6 is 0 Å². The maximum Gasteiger partial charge on any atom is 0.328 e. The molecule has 0 amide bonds. The summed E-state index contributed by atoms with van der Waals surface area (Å²) in [6, 6.07) is 15.6. The first-order chi connectivity index (χ1) is 23.1. The average molecular weight is 657 g/mol. The zero-order valence-corrected chi connectivity index (χ0v) is 27.6. The van der Waals surface area contributed by atoms with Crippen LogP contribution in [0.25, 0.3) is 21.9 Å². The van der Waals surface area contributed by atoms with Crippen LogP contribution in [0, 0.1) is 22.7 Å². The molecule has 48 heavy (non-hydrogen) atoms. The van der Waals surface area contributed by atoms with Crippen LogP contribution in [0.15, 0.2) is 57.4 Å². The molecule has 2 aliphatic rings. The highest BCUT2D eigenvalue weighted by molar-refractivity contribution is 5.90. The lowest BCUT2D eigenvalue weighted by Crippen LogP contribution is -2.29. The Labute approximate surface area is 278 Å². The van der Waals surface area contributed by atoms with Gasteiger partial charge in [0.1, 0.15) is 11.5 Å². The van der Waals surface area contributed by atoms with Crippen molar-refractivity contribution in [3.8, 4) is 23.6 Å². The highest BCUT2D eigenvalue weighted by atomic mass is 16.5.